The molecule has 132 valence electrons. The monoisotopic (exact) mass is 354 g/mol. The first-order valence-corrected chi connectivity index (χ1v) is 9.99. The van der Waals surface area contributed by atoms with Crippen LogP contribution < -0.4 is 4.90 Å². The van der Waals surface area contributed by atoms with E-state index >= 15 is 0 Å². The van der Waals surface area contributed by atoms with E-state index in [9.17, 15) is 18.6 Å². The molecule has 1 aliphatic rings. The van der Waals surface area contributed by atoms with E-state index in [-0.39, 0.29) is 11.5 Å². The van der Waals surface area contributed by atoms with Crippen molar-refractivity contribution in [3.8, 4) is 11.7 Å². The number of aromatic hydroxyl groups is 2. The van der Waals surface area contributed by atoms with Crippen LogP contribution in [0, 0.1) is 0 Å². The zero-order chi connectivity index (χ0) is 17.3. The van der Waals surface area contributed by atoms with Crippen LogP contribution in [0.4, 0.5) is 5.69 Å². The zero-order valence-corrected chi connectivity index (χ0v) is 14.4. The molecule has 0 aliphatic carbocycles. The number of fused-ring (bicyclic) bond motifs is 1. The summed E-state index contributed by atoms with van der Waals surface area (Å²) in [5.41, 5.74) is 1.33. The number of sulfone groups is 1. The summed E-state index contributed by atoms with van der Waals surface area (Å²) < 4.78 is 27.7. The Labute approximate surface area is 141 Å². The quantitative estimate of drug-likeness (QED) is 0.838. The summed E-state index contributed by atoms with van der Waals surface area (Å²) in [4.78, 5) is 4.40. The number of rotatable bonds is 5. The van der Waals surface area contributed by atoms with Gasteiger partial charge in [-0.25, -0.2) is 8.42 Å². The maximum absolute atomic E-state index is 11.2. The third kappa shape index (κ3) is 3.59. The van der Waals surface area contributed by atoms with Gasteiger partial charge in [0.25, 0.3) is 0 Å². The second kappa shape index (κ2) is 6.52. The minimum atomic E-state index is -2.90. The molecule has 24 heavy (non-hydrogen) atoms. The van der Waals surface area contributed by atoms with Crippen molar-refractivity contribution in [2.75, 3.05) is 49.6 Å². The molecule has 1 aromatic heterocycles. The number of anilines is 1. The van der Waals surface area contributed by atoms with Gasteiger partial charge in [0, 0.05) is 32.4 Å². The first-order valence-electron chi connectivity index (χ1n) is 7.93. The number of piperazine rings is 1. The van der Waals surface area contributed by atoms with E-state index in [1.54, 1.807) is 6.07 Å². The van der Waals surface area contributed by atoms with Crippen molar-refractivity contribution in [3.05, 3.63) is 18.2 Å². The Balaban J connectivity index is 1.64. The Morgan fingerprint density at radius 2 is 1.88 bits per heavy atom. The summed E-state index contributed by atoms with van der Waals surface area (Å²) in [6, 6.07) is 5.44. The summed E-state index contributed by atoms with van der Waals surface area (Å²) in [6.45, 7) is 3.99. The lowest BCUT2D eigenvalue weighted by Crippen LogP contribution is -2.46. The van der Waals surface area contributed by atoms with E-state index in [0.717, 1.165) is 38.4 Å². The lowest BCUT2D eigenvalue weighted by molar-refractivity contribution is 0.258. The highest BCUT2D eigenvalue weighted by molar-refractivity contribution is 7.90. The van der Waals surface area contributed by atoms with Gasteiger partial charge in [0.05, 0.1) is 16.8 Å². The normalized spacial score (nSPS) is 16.8. The molecule has 0 bridgehead atoms. The van der Waals surface area contributed by atoms with Crippen LogP contribution in [-0.2, 0) is 9.84 Å². The van der Waals surface area contributed by atoms with Gasteiger partial charge >= 0.3 is 5.95 Å². The van der Waals surface area contributed by atoms with Crippen LogP contribution >= 0.6 is 0 Å². The van der Waals surface area contributed by atoms with E-state index < -0.39 is 15.8 Å². The Hall–Kier alpha value is -1.93. The molecule has 0 atom stereocenters. The van der Waals surface area contributed by atoms with Crippen molar-refractivity contribution in [1.29, 1.82) is 0 Å². The number of para-hydroxylation sites is 1. The Morgan fingerprint density at radius 1 is 1.17 bits per heavy atom. The van der Waals surface area contributed by atoms with Crippen LogP contribution in [0.1, 0.15) is 6.42 Å². The van der Waals surface area contributed by atoms with Crippen molar-refractivity contribution in [1.82, 2.24) is 4.90 Å². The molecule has 1 aliphatic heterocycles. The molecule has 8 heteroatoms. The zero-order valence-electron chi connectivity index (χ0n) is 13.6. The molecule has 0 unspecified atom stereocenters. The number of furan rings is 1. The van der Waals surface area contributed by atoms with Crippen molar-refractivity contribution in [2.45, 2.75) is 6.42 Å². The molecule has 0 amide bonds. The van der Waals surface area contributed by atoms with Gasteiger partial charge < -0.3 is 19.5 Å². The van der Waals surface area contributed by atoms with E-state index in [1.165, 1.54) is 6.26 Å². The fourth-order valence-corrected chi connectivity index (χ4v) is 3.74. The molecule has 7 nitrogen and oxygen atoms in total. The van der Waals surface area contributed by atoms with Crippen LogP contribution in [0.2, 0.25) is 0 Å². The van der Waals surface area contributed by atoms with Crippen LogP contribution in [0.15, 0.2) is 22.6 Å². The molecule has 0 spiro atoms. The topological polar surface area (TPSA) is 94.2 Å². The van der Waals surface area contributed by atoms with Gasteiger partial charge in [0.2, 0.25) is 5.75 Å². The maximum Gasteiger partial charge on any atom is 0.327 e. The molecule has 0 radical (unpaired) electrons. The molecule has 2 N–H and O–H groups in total. The summed E-state index contributed by atoms with van der Waals surface area (Å²) in [5, 5.41) is 19.9. The van der Waals surface area contributed by atoms with Crippen LogP contribution in [0.3, 0.4) is 0 Å². The van der Waals surface area contributed by atoms with Gasteiger partial charge in [-0.3, -0.25) is 4.90 Å². The molecular weight excluding hydrogens is 332 g/mol. The highest BCUT2D eigenvalue weighted by Gasteiger charge is 2.22. The predicted octanol–water partition coefficient (Wildman–Crippen LogP) is 1.40. The molecule has 3 rings (SSSR count). The van der Waals surface area contributed by atoms with Crippen molar-refractivity contribution >= 4 is 26.5 Å². The van der Waals surface area contributed by atoms with E-state index in [4.69, 9.17) is 4.42 Å². The second-order valence-electron chi connectivity index (χ2n) is 6.22. The van der Waals surface area contributed by atoms with E-state index in [0.29, 0.717) is 17.4 Å². The van der Waals surface area contributed by atoms with Gasteiger partial charge in [0.1, 0.15) is 9.84 Å². The fourth-order valence-electron chi connectivity index (χ4n) is 3.09. The average Bonchev–Trinajstić information content (AvgIpc) is 2.82. The van der Waals surface area contributed by atoms with Gasteiger partial charge in [-0.1, -0.05) is 6.07 Å². The first kappa shape index (κ1) is 16.9. The van der Waals surface area contributed by atoms with Crippen molar-refractivity contribution in [3.63, 3.8) is 0 Å². The Morgan fingerprint density at radius 3 is 2.54 bits per heavy atom. The SMILES string of the molecule is CS(=O)(=O)CCCN1CCN(c2cccc3c(O)c(O)oc23)CC1. The summed E-state index contributed by atoms with van der Waals surface area (Å²) in [5.74, 6) is -0.472. The second-order valence-corrected chi connectivity index (χ2v) is 8.48. The third-order valence-corrected chi connectivity index (χ3v) is 5.38. The van der Waals surface area contributed by atoms with Gasteiger partial charge in [0.15, 0.2) is 5.58 Å². The molecule has 1 fully saturated rings. The standard InChI is InChI=1S/C16H22N2O5S/c1-24(21,22)11-3-6-17-7-9-18(10-8-17)13-5-2-4-12-14(19)16(20)23-15(12)13/h2,4-5,19-20H,3,6-11H2,1H3. The molecule has 2 heterocycles. The van der Waals surface area contributed by atoms with Gasteiger partial charge in [-0.05, 0) is 25.1 Å². The van der Waals surface area contributed by atoms with Crippen LogP contribution in [0.5, 0.6) is 11.7 Å². The minimum absolute atomic E-state index is 0.220. The highest BCUT2D eigenvalue weighted by Crippen LogP contribution is 2.41. The minimum Gasteiger partial charge on any atom is -0.501 e. The average molecular weight is 354 g/mol. The summed E-state index contributed by atoms with van der Waals surface area (Å²) >= 11 is 0. The first-order chi connectivity index (χ1) is 11.3. The van der Waals surface area contributed by atoms with Crippen LogP contribution in [-0.4, -0.2) is 68.3 Å². The molecule has 0 saturated carbocycles. The third-order valence-electron chi connectivity index (χ3n) is 4.35. The maximum atomic E-state index is 11.2. The lowest BCUT2D eigenvalue weighted by Gasteiger charge is -2.36. The summed E-state index contributed by atoms with van der Waals surface area (Å²) in [7, 11) is -2.90. The van der Waals surface area contributed by atoms with Crippen molar-refractivity contribution < 1.29 is 23.0 Å². The van der Waals surface area contributed by atoms with Gasteiger partial charge in [-0.15, -0.1) is 0 Å². The molecular formula is C16H22N2O5S. The predicted molar refractivity (Wildman–Crippen MR) is 92.5 cm³/mol. The molecule has 2 aromatic rings. The summed E-state index contributed by atoms with van der Waals surface area (Å²) in [6.07, 6.45) is 1.91. The Kier molecular flexibility index (Phi) is 4.60. The number of hydrogen-bond donors (Lipinski definition) is 2. The number of hydrogen-bond acceptors (Lipinski definition) is 7. The van der Waals surface area contributed by atoms with Crippen molar-refractivity contribution in [2.24, 2.45) is 0 Å². The number of nitrogens with zero attached hydrogens (tertiary/aromatic N) is 2. The van der Waals surface area contributed by atoms with Gasteiger partial charge in [-0.2, -0.15) is 0 Å². The number of benzene rings is 1. The van der Waals surface area contributed by atoms with E-state index in [1.807, 2.05) is 12.1 Å². The van der Waals surface area contributed by atoms with Crippen LogP contribution in [0.25, 0.3) is 11.0 Å². The largest absolute Gasteiger partial charge is 0.501 e. The smallest absolute Gasteiger partial charge is 0.327 e. The molecule has 1 aromatic carbocycles. The fraction of sp³-hybridized carbons (Fsp3) is 0.500. The molecule has 1 saturated heterocycles. The highest BCUT2D eigenvalue weighted by atomic mass is 32.2. The Bertz CT molecular complexity index is 822. The van der Waals surface area contributed by atoms with E-state index in [2.05, 4.69) is 9.80 Å². The lowest BCUT2D eigenvalue weighted by atomic mass is 10.2.